The molecule has 2 N–H and O–H groups in total. The van der Waals surface area contributed by atoms with E-state index in [1.54, 1.807) is 36.8 Å². The van der Waals surface area contributed by atoms with Gasteiger partial charge in [0, 0.05) is 36.6 Å². The summed E-state index contributed by atoms with van der Waals surface area (Å²) >= 11 is 0. The van der Waals surface area contributed by atoms with Gasteiger partial charge in [-0.3, -0.25) is 9.59 Å². The normalized spacial score (nSPS) is 11.7. The summed E-state index contributed by atoms with van der Waals surface area (Å²) in [5.41, 5.74) is 1.98. The first-order valence-electron chi connectivity index (χ1n) is 12.0. The van der Waals surface area contributed by atoms with Crippen LogP contribution in [0.2, 0.25) is 0 Å². The van der Waals surface area contributed by atoms with E-state index < -0.39 is 0 Å². The molecule has 35 heavy (non-hydrogen) atoms. The Balaban J connectivity index is 1.70. The molecule has 2 amide bonds. The number of carbonyl (C=O) groups excluding carboxylic acids is 2. The molecule has 3 aromatic rings. The molecule has 0 aliphatic carbocycles. The molecular weight excluding hydrogens is 444 g/mol. The van der Waals surface area contributed by atoms with E-state index in [2.05, 4.69) is 29.5 Å². The van der Waals surface area contributed by atoms with Gasteiger partial charge < -0.3 is 24.7 Å². The molecule has 0 spiro atoms. The third kappa shape index (κ3) is 7.34. The zero-order chi connectivity index (χ0) is 25.2. The van der Waals surface area contributed by atoms with Gasteiger partial charge in [-0.15, -0.1) is 0 Å². The number of anilines is 1. The van der Waals surface area contributed by atoms with Crippen LogP contribution >= 0.6 is 0 Å². The highest BCUT2D eigenvalue weighted by Gasteiger charge is 2.21. The van der Waals surface area contributed by atoms with Crippen LogP contribution in [-0.4, -0.2) is 34.6 Å². The Morgan fingerprint density at radius 3 is 2.49 bits per heavy atom. The van der Waals surface area contributed by atoms with Crippen molar-refractivity contribution in [1.29, 1.82) is 0 Å². The number of imidazole rings is 1. The van der Waals surface area contributed by atoms with Gasteiger partial charge in [-0.25, -0.2) is 4.98 Å². The topological polar surface area (TPSA) is 94.5 Å². The highest BCUT2D eigenvalue weighted by atomic mass is 16.5. The lowest BCUT2D eigenvalue weighted by atomic mass is 9.95. The van der Waals surface area contributed by atoms with Crippen molar-refractivity contribution in [3.05, 3.63) is 72.3 Å². The molecule has 1 atom stereocenters. The van der Waals surface area contributed by atoms with Crippen molar-refractivity contribution in [1.82, 2.24) is 14.9 Å². The maximum Gasteiger partial charge on any atom is 0.251 e. The van der Waals surface area contributed by atoms with E-state index in [1.807, 2.05) is 42.8 Å². The van der Waals surface area contributed by atoms with Crippen molar-refractivity contribution in [2.24, 2.45) is 5.92 Å². The van der Waals surface area contributed by atoms with E-state index in [4.69, 9.17) is 9.47 Å². The molecule has 2 aromatic carbocycles. The van der Waals surface area contributed by atoms with Crippen LogP contribution in [-0.2, 0) is 11.3 Å². The van der Waals surface area contributed by atoms with Crippen LogP contribution < -0.4 is 20.1 Å². The molecule has 0 saturated carbocycles. The van der Waals surface area contributed by atoms with Gasteiger partial charge in [0.15, 0.2) is 11.5 Å². The lowest BCUT2D eigenvalue weighted by molar-refractivity contribution is -0.116. The minimum absolute atomic E-state index is 0.130. The van der Waals surface area contributed by atoms with E-state index in [1.165, 1.54) is 0 Å². The molecule has 8 nitrogen and oxygen atoms in total. The SMILES string of the molecule is CCOc1ccc(C(NC(=O)c2cccc(NC(=O)CCn3ccnc3)c2)C(C)C)cc1OCC. The average molecular weight is 479 g/mol. The number of rotatable bonds is 12. The van der Waals surface area contributed by atoms with Crippen LogP contribution in [0.1, 0.15) is 56.1 Å². The van der Waals surface area contributed by atoms with E-state index >= 15 is 0 Å². The van der Waals surface area contributed by atoms with Crippen molar-refractivity contribution < 1.29 is 19.1 Å². The minimum Gasteiger partial charge on any atom is -0.490 e. The van der Waals surface area contributed by atoms with Gasteiger partial charge in [0.2, 0.25) is 5.91 Å². The quantitative estimate of drug-likeness (QED) is 0.389. The molecule has 1 unspecified atom stereocenters. The van der Waals surface area contributed by atoms with E-state index in [0.29, 0.717) is 48.9 Å². The van der Waals surface area contributed by atoms with Gasteiger partial charge in [0.25, 0.3) is 5.91 Å². The first-order chi connectivity index (χ1) is 16.9. The van der Waals surface area contributed by atoms with Crippen molar-refractivity contribution >= 4 is 17.5 Å². The Morgan fingerprint density at radius 2 is 1.80 bits per heavy atom. The summed E-state index contributed by atoms with van der Waals surface area (Å²) in [5, 5.41) is 6.00. The van der Waals surface area contributed by atoms with E-state index in [-0.39, 0.29) is 23.8 Å². The molecule has 3 rings (SSSR count). The monoisotopic (exact) mass is 478 g/mol. The summed E-state index contributed by atoms with van der Waals surface area (Å²) in [5.74, 6) is 1.13. The maximum absolute atomic E-state index is 13.1. The van der Waals surface area contributed by atoms with Crippen molar-refractivity contribution in [2.75, 3.05) is 18.5 Å². The summed E-state index contributed by atoms with van der Waals surface area (Å²) in [6.45, 7) is 9.55. The van der Waals surface area contributed by atoms with Crippen LogP contribution in [0.15, 0.2) is 61.2 Å². The first kappa shape index (κ1) is 25.8. The lowest BCUT2D eigenvalue weighted by Crippen LogP contribution is -2.31. The molecule has 0 bridgehead atoms. The van der Waals surface area contributed by atoms with Crippen molar-refractivity contribution in [3.63, 3.8) is 0 Å². The molecule has 0 aliphatic rings. The predicted octanol–water partition coefficient (Wildman–Crippen LogP) is 4.84. The first-order valence-corrected chi connectivity index (χ1v) is 12.0. The summed E-state index contributed by atoms with van der Waals surface area (Å²) < 4.78 is 13.3. The van der Waals surface area contributed by atoms with Crippen LogP contribution in [0.4, 0.5) is 5.69 Å². The highest BCUT2D eigenvalue weighted by molar-refractivity contribution is 5.97. The zero-order valence-corrected chi connectivity index (χ0v) is 20.8. The lowest BCUT2D eigenvalue weighted by Gasteiger charge is -2.24. The van der Waals surface area contributed by atoms with Crippen LogP contribution in [0.5, 0.6) is 11.5 Å². The van der Waals surface area contributed by atoms with E-state index in [0.717, 1.165) is 5.56 Å². The van der Waals surface area contributed by atoms with Crippen LogP contribution in [0.3, 0.4) is 0 Å². The fourth-order valence-electron chi connectivity index (χ4n) is 3.73. The molecule has 0 radical (unpaired) electrons. The largest absolute Gasteiger partial charge is 0.490 e. The average Bonchev–Trinajstić information content (AvgIpc) is 3.36. The molecule has 0 saturated heterocycles. The smallest absolute Gasteiger partial charge is 0.251 e. The number of amides is 2. The van der Waals surface area contributed by atoms with Gasteiger partial charge in [-0.05, 0) is 55.7 Å². The molecule has 8 heteroatoms. The van der Waals surface area contributed by atoms with Gasteiger partial charge in [-0.1, -0.05) is 26.0 Å². The second-order valence-corrected chi connectivity index (χ2v) is 8.45. The second kappa shape index (κ2) is 12.6. The van der Waals surface area contributed by atoms with Crippen molar-refractivity contribution in [2.45, 2.75) is 46.7 Å². The summed E-state index contributed by atoms with van der Waals surface area (Å²) in [6.07, 6.45) is 5.47. The van der Waals surface area contributed by atoms with Gasteiger partial charge in [0.1, 0.15) is 0 Å². The third-order valence-electron chi connectivity index (χ3n) is 5.44. The third-order valence-corrected chi connectivity index (χ3v) is 5.44. The van der Waals surface area contributed by atoms with Gasteiger partial charge in [0.05, 0.1) is 25.6 Å². The molecule has 0 fully saturated rings. The predicted molar refractivity (Wildman–Crippen MR) is 136 cm³/mol. The molecule has 1 heterocycles. The number of benzene rings is 2. The van der Waals surface area contributed by atoms with E-state index in [9.17, 15) is 9.59 Å². The second-order valence-electron chi connectivity index (χ2n) is 8.45. The summed E-state index contributed by atoms with van der Waals surface area (Å²) in [4.78, 5) is 29.4. The Morgan fingerprint density at radius 1 is 1.03 bits per heavy atom. The highest BCUT2D eigenvalue weighted by Crippen LogP contribution is 2.33. The Kier molecular flexibility index (Phi) is 9.29. The van der Waals surface area contributed by atoms with Gasteiger partial charge >= 0.3 is 0 Å². The molecule has 1 aromatic heterocycles. The fraction of sp³-hybridized carbons (Fsp3) is 0.370. The standard InChI is InChI=1S/C27H34N4O4/c1-5-34-23-11-10-20(17-24(23)35-6-2)26(19(3)4)30-27(33)21-8-7-9-22(16-21)29-25(32)12-14-31-15-13-28-18-31/h7-11,13,15-19,26H,5-6,12,14H2,1-4H3,(H,29,32)(H,30,33). The molecule has 0 aliphatic heterocycles. The number of aromatic nitrogens is 2. The fourth-order valence-corrected chi connectivity index (χ4v) is 3.73. The summed E-state index contributed by atoms with van der Waals surface area (Å²) in [7, 11) is 0. The number of hydrogen-bond acceptors (Lipinski definition) is 5. The Hall–Kier alpha value is -3.81. The number of nitrogens with one attached hydrogen (secondary N) is 2. The maximum atomic E-state index is 13.1. The minimum atomic E-state index is -0.231. The van der Waals surface area contributed by atoms with Crippen molar-refractivity contribution in [3.8, 4) is 11.5 Å². The number of ether oxygens (including phenoxy) is 2. The number of hydrogen-bond donors (Lipinski definition) is 2. The van der Waals surface area contributed by atoms with Gasteiger partial charge in [-0.2, -0.15) is 0 Å². The Bertz CT molecular complexity index is 1110. The van der Waals surface area contributed by atoms with Crippen LogP contribution in [0.25, 0.3) is 0 Å². The number of carbonyl (C=O) groups is 2. The Labute approximate surface area is 206 Å². The number of nitrogens with zero attached hydrogens (tertiary/aromatic N) is 2. The molecular formula is C27H34N4O4. The number of aryl methyl sites for hydroxylation is 1. The summed E-state index contributed by atoms with van der Waals surface area (Å²) in [6, 6.07) is 12.5. The zero-order valence-electron chi connectivity index (χ0n) is 20.8. The van der Waals surface area contributed by atoms with Crippen LogP contribution in [0, 0.1) is 5.92 Å². The molecule has 186 valence electrons.